The number of aliphatic hydroxyl groups is 1. The van der Waals surface area contributed by atoms with Gasteiger partial charge in [0.1, 0.15) is 12.8 Å². The summed E-state index contributed by atoms with van der Waals surface area (Å²) in [6, 6.07) is 8.92. The lowest BCUT2D eigenvalue weighted by Gasteiger charge is -2.24. The number of carbonyl (C=O) groups excluding carboxylic acids is 1. The van der Waals surface area contributed by atoms with Crippen molar-refractivity contribution in [3.8, 4) is 11.1 Å². The van der Waals surface area contributed by atoms with Gasteiger partial charge >= 0.3 is 0 Å². The van der Waals surface area contributed by atoms with E-state index in [1.165, 1.54) is 6.92 Å². The molecule has 0 spiro atoms. The molecule has 7 nitrogen and oxygen atoms in total. The van der Waals surface area contributed by atoms with Gasteiger partial charge in [0.15, 0.2) is 4.33 Å². The van der Waals surface area contributed by atoms with Crippen molar-refractivity contribution < 1.29 is 22.7 Å². The topological polar surface area (TPSA) is 108 Å². The normalized spacial score (nSPS) is 14.2. The third kappa shape index (κ3) is 7.17. The molecule has 11 heteroatoms. The zero-order valence-corrected chi connectivity index (χ0v) is 18.6. The minimum atomic E-state index is -3.30. The summed E-state index contributed by atoms with van der Waals surface area (Å²) in [5, 5.41) is 12.7. The van der Waals surface area contributed by atoms with E-state index in [1.54, 1.807) is 42.6 Å². The molecule has 164 valence electrons. The number of halogens is 3. The predicted octanol–water partition coefficient (Wildman–Crippen LogP) is 2.48. The van der Waals surface area contributed by atoms with Crippen LogP contribution in [-0.4, -0.2) is 47.7 Å². The van der Waals surface area contributed by atoms with Crippen LogP contribution in [0.25, 0.3) is 11.1 Å². The SMILES string of the molecule is CC(Cl)(Cl)C(=O)N[C@H](CF)[C@H](O)c1ccc(-c2ccc(CNS(C)(=O)=O)nc2)cc1. The number of benzene rings is 1. The first-order valence-corrected chi connectivity index (χ1v) is 11.5. The van der Waals surface area contributed by atoms with E-state index in [9.17, 15) is 22.7 Å². The van der Waals surface area contributed by atoms with Gasteiger partial charge in [-0.1, -0.05) is 53.5 Å². The molecule has 0 radical (unpaired) electrons. The molecule has 0 saturated carbocycles. The van der Waals surface area contributed by atoms with Gasteiger partial charge in [-0.2, -0.15) is 0 Å². The summed E-state index contributed by atoms with van der Waals surface area (Å²) < 4.78 is 36.2. The molecule has 30 heavy (non-hydrogen) atoms. The van der Waals surface area contributed by atoms with Gasteiger partial charge < -0.3 is 10.4 Å². The standard InChI is InChI=1S/C19H22Cl2FN3O4S/c1-19(20,21)18(27)25-16(9-22)17(26)13-5-3-12(4-6-13)14-7-8-15(23-10-14)11-24-30(2,28)29/h3-8,10,16-17,24,26H,9,11H2,1-2H3,(H,25,27)/t16-,17-/m1/s1. The van der Waals surface area contributed by atoms with Gasteiger partial charge in [-0.05, 0) is 24.1 Å². The summed E-state index contributed by atoms with van der Waals surface area (Å²) in [5.41, 5.74) is 2.52. The lowest BCUT2D eigenvalue weighted by molar-refractivity contribution is -0.123. The summed E-state index contributed by atoms with van der Waals surface area (Å²) in [6.07, 6.45) is 1.36. The molecule has 1 amide bonds. The van der Waals surface area contributed by atoms with E-state index in [-0.39, 0.29) is 6.54 Å². The molecule has 0 aliphatic heterocycles. The van der Waals surface area contributed by atoms with Crippen LogP contribution < -0.4 is 10.0 Å². The number of aliphatic hydroxyl groups excluding tert-OH is 1. The molecule has 1 aromatic carbocycles. The number of aromatic nitrogens is 1. The fourth-order valence-electron chi connectivity index (χ4n) is 2.51. The third-order valence-electron chi connectivity index (χ3n) is 4.19. The van der Waals surface area contributed by atoms with E-state index < -0.39 is 39.1 Å². The van der Waals surface area contributed by atoms with Crippen LogP contribution in [0.3, 0.4) is 0 Å². The number of sulfonamides is 1. The molecule has 0 fully saturated rings. The van der Waals surface area contributed by atoms with Crippen LogP contribution in [0.15, 0.2) is 42.6 Å². The second kappa shape index (κ2) is 10.0. The Morgan fingerprint density at radius 2 is 1.80 bits per heavy atom. The first-order valence-electron chi connectivity index (χ1n) is 8.83. The van der Waals surface area contributed by atoms with Crippen molar-refractivity contribution in [3.63, 3.8) is 0 Å². The highest BCUT2D eigenvalue weighted by Crippen LogP contribution is 2.25. The zero-order chi connectivity index (χ0) is 22.5. The molecule has 1 aromatic heterocycles. The molecule has 0 bridgehead atoms. The van der Waals surface area contributed by atoms with Crippen LogP contribution in [0.4, 0.5) is 4.39 Å². The highest BCUT2D eigenvalue weighted by molar-refractivity contribution is 7.88. The van der Waals surface area contributed by atoms with Crippen molar-refractivity contribution in [2.75, 3.05) is 12.9 Å². The number of nitrogens with one attached hydrogen (secondary N) is 2. The molecule has 0 aliphatic carbocycles. The molecular formula is C19H22Cl2FN3O4S. The van der Waals surface area contributed by atoms with Crippen LogP contribution in [-0.2, 0) is 21.4 Å². The second-order valence-corrected chi connectivity index (χ2v) is 10.4. The molecule has 0 unspecified atom stereocenters. The average molecular weight is 478 g/mol. The first kappa shape index (κ1) is 24.5. The highest BCUT2D eigenvalue weighted by atomic mass is 35.5. The van der Waals surface area contributed by atoms with Gasteiger partial charge in [0.05, 0.1) is 24.5 Å². The number of rotatable bonds is 9. The van der Waals surface area contributed by atoms with Crippen molar-refractivity contribution in [2.45, 2.75) is 29.9 Å². The molecule has 0 aliphatic rings. The van der Waals surface area contributed by atoms with Crippen LogP contribution in [0, 0.1) is 0 Å². The Hall–Kier alpha value is -1.78. The number of amides is 1. The van der Waals surface area contributed by atoms with Gasteiger partial charge in [0, 0.05) is 11.8 Å². The summed E-state index contributed by atoms with van der Waals surface area (Å²) >= 11 is 11.4. The summed E-state index contributed by atoms with van der Waals surface area (Å²) in [4.78, 5) is 16.1. The lowest BCUT2D eigenvalue weighted by atomic mass is 9.99. The van der Waals surface area contributed by atoms with Gasteiger partial charge in [0.2, 0.25) is 10.0 Å². The van der Waals surface area contributed by atoms with Crippen LogP contribution in [0.1, 0.15) is 24.3 Å². The van der Waals surface area contributed by atoms with Crippen LogP contribution in [0.2, 0.25) is 0 Å². The molecular weight excluding hydrogens is 456 g/mol. The second-order valence-electron chi connectivity index (χ2n) is 6.82. The Bertz CT molecular complexity index is 965. The van der Waals surface area contributed by atoms with Crippen molar-refractivity contribution >= 4 is 39.1 Å². The van der Waals surface area contributed by atoms with E-state index in [0.29, 0.717) is 11.3 Å². The van der Waals surface area contributed by atoms with E-state index in [4.69, 9.17) is 23.2 Å². The molecule has 3 N–H and O–H groups in total. The molecule has 1 heterocycles. The number of pyridine rings is 1. The smallest absolute Gasteiger partial charge is 0.256 e. The number of alkyl halides is 3. The Labute approximate surface area is 184 Å². The highest BCUT2D eigenvalue weighted by Gasteiger charge is 2.32. The maximum atomic E-state index is 13.3. The maximum absolute atomic E-state index is 13.3. The third-order valence-corrected chi connectivity index (χ3v) is 5.20. The quantitative estimate of drug-likeness (QED) is 0.480. The fraction of sp³-hybridized carbons (Fsp3) is 0.368. The van der Waals surface area contributed by atoms with Crippen molar-refractivity contribution in [2.24, 2.45) is 0 Å². The zero-order valence-electron chi connectivity index (χ0n) is 16.3. The largest absolute Gasteiger partial charge is 0.386 e. The Balaban J connectivity index is 2.09. The molecule has 2 atom stereocenters. The van der Waals surface area contributed by atoms with E-state index in [2.05, 4.69) is 15.0 Å². The Kier molecular flexibility index (Phi) is 8.18. The molecule has 0 saturated heterocycles. The van der Waals surface area contributed by atoms with E-state index in [1.807, 2.05) is 0 Å². The van der Waals surface area contributed by atoms with E-state index in [0.717, 1.165) is 17.4 Å². The maximum Gasteiger partial charge on any atom is 0.256 e. The molecule has 2 aromatic rings. The van der Waals surface area contributed by atoms with Crippen molar-refractivity contribution in [1.29, 1.82) is 0 Å². The lowest BCUT2D eigenvalue weighted by Crippen LogP contribution is -2.46. The number of hydrogen-bond acceptors (Lipinski definition) is 5. The summed E-state index contributed by atoms with van der Waals surface area (Å²) in [6.45, 7) is 0.327. The predicted molar refractivity (Wildman–Crippen MR) is 114 cm³/mol. The fourth-order valence-corrected chi connectivity index (χ4v) is 3.03. The first-order chi connectivity index (χ1) is 13.9. The number of nitrogens with zero attached hydrogens (tertiary/aromatic N) is 1. The summed E-state index contributed by atoms with van der Waals surface area (Å²) in [5.74, 6) is -0.805. The van der Waals surface area contributed by atoms with Crippen molar-refractivity contribution in [1.82, 2.24) is 15.0 Å². The minimum Gasteiger partial charge on any atom is -0.386 e. The Morgan fingerprint density at radius 3 is 2.27 bits per heavy atom. The van der Waals surface area contributed by atoms with Gasteiger partial charge in [-0.25, -0.2) is 17.5 Å². The van der Waals surface area contributed by atoms with Gasteiger partial charge in [-0.3, -0.25) is 9.78 Å². The Morgan fingerprint density at radius 1 is 1.20 bits per heavy atom. The minimum absolute atomic E-state index is 0.0875. The number of hydrogen-bond donors (Lipinski definition) is 3. The molecule has 2 rings (SSSR count). The average Bonchev–Trinajstić information content (AvgIpc) is 2.69. The number of carbonyl (C=O) groups is 1. The van der Waals surface area contributed by atoms with Crippen molar-refractivity contribution in [3.05, 3.63) is 53.9 Å². The van der Waals surface area contributed by atoms with Gasteiger partial charge in [0.25, 0.3) is 5.91 Å². The van der Waals surface area contributed by atoms with Crippen LogP contribution in [0.5, 0.6) is 0 Å². The van der Waals surface area contributed by atoms with Crippen LogP contribution >= 0.6 is 23.2 Å². The monoisotopic (exact) mass is 477 g/mol. The summed E-state index contributed by atoms with van der Waals surface area (Å²) in [7, 11) is -3.30. The van der Waals surface area contributed by atoms with E-state index >= 15 is 0 Å². The van der Waals surface area contributed by atoms with Gasteiger partial charge in [-0.15, -0.1) is 0 Å².